The van der Waals surface area contributed by atoms with Crippen molar-refractivity contribution < 1.29 is 18.8 Å². The molecule has 1 aromatic carbocycles. The fourth-order valence-electron chi connectivity index (χ4n) is 2.93. The van der Waals surface area contributed by atoms with Gasteiger partial charge in [0.1, 0.15) is 5.75 Å². The van der Waals surface area contributed by atoms with Crippen LogP contribution in [0, 0.1) is 19.3 Å². The van der Waals surface area contributed by atoms with E-state index >= 15 is 0 Å². The van der Waals surface area contributed by atoms with E-state index in [2.05, 4.69) is 26.1 Å². The number of likely N-dealkylation sites (N-methyl/N-ethyl adjacent to an activating group) is 1. The molecule has 0 aliphatic carbocycles. The molecule has 1 aromatic rings. The van der Waals surface area contributed by atoms with Crippen molar-refractivity contribution in [2.45, 2.75) is 55.4 Å². The summed E-state index contributed by atoms with van der Waals surface area (Å²) >= 11 is 0. The van der Waals surface area contributed by atoms with Gasteiger partial charge in [0.05, 0.1) is 25.0 Å². The summed E-state index contributed by atoms with van der Waals surface area (Å²) in [5.41, 5.74) is 2.01. The van der Waals surface area contributed by atoms with E-state index in [1.807, 2.05) is 34.6 Å². The second-order valence-electron chi connectivity index (χ2n) is 8.07. The van der Waals surface area contributed by atoms with Crippen LogP contribution < -0.4 is 10.1 Å². The van der Waals surface area contributed by atoms with Crippen LogP contribution in [0.3, 0.4) is 0 Å². The number of carbonyl (C=O) groups excluding carboxylic acids is 2. The van der Waals surface area contributed by atoms with Crippen LogP contribution in [0.4, 0.5) is 5.69 Å². The molecule has 146 valence electrons. The van der Waals surface area contributed by atoms with E-state index < -0.39 is 5.41 Å². The fourth-order valence-corrected chi connectivity index (χ4v) is 2.93. The van der Waals surface area contributed by atoms with Crippen molar-refractivity contribution >= 4 is 17.6 Å². The molecule has 1 amide bonds. The highest BCUT2D eigenvalue weighted by atomic mass is 16.5. The molecule has 26 heavy (non-hydrogen) atoms. The number of quaternary nitrogens is 1. The molecule has 5 heteroatoms. The maximum atomic E-state index is 12.6. The van der Waals surface area contributed by atoms with Crippen LogP contribution in [0.5, 0.6) is 5.75 Å². The van der Waals surface area contributed by atoms with Crippen LogP contribution in [-0.4, -0.2) is 42.5 Å². The predicted octanol–water partition coefficient (Wildman–Crippen LogP) is 4.07. The highest BCUT2D eigenvalue weighted by molar-refractivity contribution is 5.93. The first kappa shape index (κ1) is 22.2. The third kappa shape index (κ3) is 5.56. The predicted molar refractivity (Wildman–Crippen MR) is 106 cm³/mol. The summed E-state index contributed by atoms with van der Waals surface area (Å²) in [6, 6.07) is 3.60. The lowest BCUT2D eigenvalue weighted by Crippen LogP contribution is -2.52. The number of nitrogens with one attached hydrogen (secondary N) is 1. The highest BCUT2D eigenvalue weighted by Crippen LogP contribution is 2.28. The van der Waals surface area contributed by atoms with Gasteiger partial charge in [-0.15, -0.1) is 0 Å². The summed E-state index contributed by atoms with van der Waals surface area (Å²) < 4.78 is 6.25. The quantitative estimate of drug-likeness (QED) is 0.451. The number of hydrogen-bond acceptors (Lipinski definition) is 3. The van der Waals surface area contributed by atoms with Gasteiger partial charge in [0, 0.05) is 5.69 Å². The van der Waals surface area contributed by atoms with Crippen molar-refractivity contribution in [3.05, 3.63) is 23.3 Å². The summed E-state index contributed by atoms with van der Waals surface area (Å²) in [4.78, 5) is 24.7. The summed E-state index contributed by atoms with van der Waals surface area (Å²) in [6.07, 6.45) is 0. The van der Waals surface area contributed by atoms with Crippen molar-refractivity contribution in [2.24, 2.45) is 5.41 Å². The van der Waals surface area contributed by atoms with Gasteiger partial charge in [-0.2, -0.15) is 0 Å². The van der Waals surface area contributed by atoms with E-state index in [-0.39, 0.29) is 11.9 Å². The van der Waals surface area contributed by atoms with Gasteiger partial charge in [-0.1, -0.05) is 0 Å². The van der Waals surface area contributed by atoms with Gasteiger partial charge in [0.2, 0.25) is 0 Å². The van der Waals surface area contributed by atoms with Gasteiger partial charge in [0.15, 0.2) is 6.54 Å². The minimum Gasteiger partial charge on any atom is -0.426 e. The molecule has 1 rings (SSSR count). The molecule has 0 bridgehead atoms. The van der Waals surface area contributed by atoms with Crippen LogP contribution in [0.1, 0.15) is 52.7 Å². The number of anilines is 1. The van der Waals surface area contributed by atoms with Crippen molar-refractivity contribution in [3.8, 4) is 5.75 Å². The maximum absolute atomic E-state index is 12.6. The second-order valence-corrected chi connectivity index (χ2v) is 8.07. The number of aryl methyl sites for hydroxylation is 2. The molecule has 0 saturated heterocycles. The van der Waals surface area contributed by atoms with Gasteiger partial charge < -0.3 is 14.5 Å². The number of carbonyl (C=O) groups is 2. The highest BCUT2D eigenvalue weighted by Gasteiger charge is 2.26. The first-order valence-corrected chi connectivity index (χ1v) is 9.46. The van der Waals surface area contributed by atoms with E-state index in [9.17, 15) is 9.59 Å². The average molecular weight is 364 g/mol. The van der Waals surface area contributed by atoms with Crippen molar-refractivity contribution in [2.75, 3.05) is 31.5 Å². The Labute approximate surface area is 158 Å². The third-order valence-corrected chi connectivity index (χ3v) is 5.09. The number of benzene rings is 1. The Hall–Kier alpha value is -1.88. The Morgan fingerprint density at radius 3 is 1.85 bits per heavy atom. The lowest BCUT2D eigenvalue weighted by Gasteiger charge is -2.35. The number of hydrogen-bond donors (Lipinski definition) is 1. The van der Waals surface area contributed by atoms with E-state index in [1.54, 1.807) is 12.1 Å². The topological polar surface area (TPSA) is 55.4 Å². The first-order chi connectivity index (χ1) is 12.0. The number of amides is 1. The van der Waals surface area contributed by atoms with Gasteiger partial charge >= 0.3 is 5.97 Å². The zero-order valence-corrected chi connectivity index (χ0v) is 17.7. The molecule has 5 nitrogen and oxygen atoms in total. The minimum absolute atomic E-state index is 0.0150. The van der Waals surface area contributed by atoms with Gasteiger partial charge in [-0.3, -0.25) is 9.59 Å². The standard InChI is InChI=1S/C21H34N2O3/c1-9-23(10-2,11-3)14-18(24)22-19-15(4)12-17(13-16(19)5)26-20(25)21(6,7)8/h12-13H,9-11,14H2,1-8H3/p+1. The number of nitrogens with zero attached hydrogens (tertiary/aromatic N) is 1. The molecule has 0 radical (unpaired) electrons. The summed E-state index contributed by atoms with van der Waals surface area (Å²) in [5.74, 6) is 0.254. The minimum atomic E-state index is -0.559. The Balaban J connectivity index is 2.95. The smallest absolute Gasteiger partial charge is 0.316 e. The Morgan fingerprint density at radius 1 is 1.00 bits per heavy atom. The molecular formula is C21H35N2O3+. The normalized spacial score (nSPS) is 12.0. The molecule has 0 aliphatic heterocycles. The molecule has 0 heterocycles. The number of esters is 1. The molecular weight excluding hydrogens is 328 g/mol. The molecule has 0 unspecified atom stereocenters. The SMILES string of the molecule is CC[N+](CC)(CC)CC(=O)Nc1c(C)cc(OC(=O)C(C)(C)C)cc1C. The van der Waals surface area contributed by atoms with E-state index in [0.717, 1.165) is 40.9 Å². The van der Waals surface area contributed by atoms with Crippen LogP contribution in [0.25, 0.3) is 0 Å². The molecule has 0 aromatic heterocycles. The van der Waals surface area contributed by atoms with Crippen molar-refractivity contribution in [1.82, 2.24) is 0 Å². The zero-order chi connectivity index (χ0) is 20.1. The lowest BCUT2D eigenvalue weighted by molar-refractivity contribution is -0.915. The van der Waals surface area contributed by atoms with Crippen LogP contribution in [0.2, 0.25) is 0 Å². The Bertz CT molecular complexity index is 624. The molecule has 0 saturated carbocycles. The molecule has 0 fully saturated rings. The molecule has 0 aliphatic rings. The molecule has 0 spiro atoms. The van der Waals surface area contributed by atoms with Crippen molar-refractivity contribution in [1.29, 1.82) is 0 Å². The summed E-state index contributed by atoms with van der Waals surface area (Å²) in [6.45, 7) is 18.9. The van der Waals surface area contributed by atoms with Gasteiger partial charge in [0.25, 0.3) is 5.91 Å². The number of rotatable bonds is 7. The lowest BCUT2D eigenvalue weighted by atomic mass is 9.97. The fraction of sp³-hybridized carbons (Fsp3) is 0.619. The largest absolute Gasteiger partial charge is 0.426 e. The average Bonchev–Trinajstić information content (AvgIpc) is 2.55. The van der Waals surface area contributed by atoms with Crippen LogP contribution >= 0.6 is 0 Å². The van der Waals surface area contributed by atoms with Gasteiger partial charge in [-0.25, -0.2) is 0 Å². The Kier molecular flexibility index (Phi) is 7.39. The van der Waals surface area contributed by atoms with Gasteiger partial charge in [-0.05, 0) is 78.6 Å². The van der Waals surface area contributed by atoms with Crippen molar-refractivity contribution in [3.63, 3.8) is 0 Å². The summed E-state index contributed by atoms with van der Waals surface area (Å²) in [7, 11) is 0. The van der Waals surface area contributed by atoms with E-state index in [0.29, 0.717) is 12.3 Å². The maximum Gasteiger partial charge on any atom is 0.316 e. The van der Waals surface area contributed by atoms with Crippen LogP contribution in [-0.2, 0) is 9.59 Å². The zero-order valence-electron chi connectivity index (χ0n) is 17.7. The monoisotopic (exact) mass is 363 g/mol. The molecule has 0 atom stereocenters. The van der Waals surface area contributed by atoms with Crippen LogP contribution in [0.15, 0.2) is 12.1 Å². The number of ether oxygens (including phenoxy) is 1. The second kappa shape index (κ2) is 8.67. The molecule has 1 N–H and O–H groups in total. The first-order valence-electron chi connectivity index (χ1n) is 9.46. The van der Waals surface area contributed by atoms with E-state index in [4.69, 9.17) is 4.74 Å². The third-order valence-electron chi connectivity index (χ3n) is 5.09. The Morgan fingerprint density at radius 2 is 1.46 bits per heavy atom. The summed E-state index contributed by atoms with van der Waals surface area (Å²) in [5, 5.41) is 3.05. The van der Waals surface area contributed by atoms with E-state index in [1.165, 1.54) is 0 Å².